The SMILES string of the molecule is CCC1(CNCc2ccc(OC)c(OC)c2)CCC1. The normalized spacial score (nSPS) is 16.8. The molecule has 1 aromatic rings. The van der Waals surface area contributed by atoms with Crippen LogP contribution in [0.15, 0.2) is 18.2 Å². The Labute approximate surface area is 116 Å². The van der Waals surface area contributed by atoms with Crippen molar-refractivity contribution in [2.24, 2.45) is 5.41 Å². The maximum Gasteiger partial charge on any atom is 0.161 e. The van der Waals surface area contributed by atoms with E-state index in [0.717, 1.165) is 24.6 Å². The smallest absolute Gasteiger partial charge is 0.161 e. The number of methoxy groups -OCH3 is 2. The highest BCUT2D eigenvalue weighted by molar-refractivity contribution is 5.42. The summed E-state index contributed by atoms with van der Waals surface area (Å²) >= 11 is 0. The average molecular weight is 263 g/mol. The summed E-state index contributed by atoms with van der Waals surface area (Å²) in [6.07, 6.45) is 5.43. The van der Waals surface area contributed by atoms with Crippen molar-refractivity contribution < 1.29 is 9.47 Å². The van der Waals surface area contributed by atoms with E-state index in [-0.39, 0.29) is 0 Å². The second-order valence-corrected chi connectivity index (χ2v) is 5.50. The molecule has 0 bridgehead atoms. The zero-order chi connectivity index (χ0) is 13.7. The maximum absolute atomic E-state index is 5.32. The molecule has 106 valence electrons. The van der Waals surface area contributed by atoms with E-state index >= 15 is 0 Å². The van der Waals surface area contributed by atoms with Gasteiger partial charge in [0.1, 0.15) is 0 Å². The van der Waals surface area contributed by atoms with Crippen molar-refractivity contribution in [2.75, 3.05) is 20.8 Å². The number of rotatable bonds is 7. The summed E-state index contributed by atoms with van der Waals surface area (Å²) in [5.74, 6) is 1.59. The Morgan fingerprint density at radius 3 is 2.42 bits per heavy atom. The lowest BCUT2D eigenvalue weighted by molar-refractivity contribution is 0.124. The van der Waals surface area contributed by atoms with E-state index in [0.29, 0.717) is 5.41 Å². The molecule has 3 heteroatoms. The highest BCUT2D eigenvalue weighted by atomic mass is 16.5. The molecule has 1 saturated carbocycles. The van der Waals surface area contributed by atoms with Gasteiger partial charge in [-0.05, 0) is 42.4 Å². The Bertz CT molecular complexity index is 408. The lowest BCUT2D eigenvalue weighted by Gasteiger charge is -2.41. The van der Waals surface area contributed by atoms with Crippen LogP contribution in [0, 0.1) is 5.41 Å². The Balaban J connectivity index is 1.89. The molecule has 3 nitrogen and oxygen atoms in total. The molecule has 0 amide bonds. The van der Waals surface area contributed by atoms with Gasteiger partial charge in [-0.15, -0.1) is 0 Å². The van der Waals surface area contributed by atoms with Crippen LogP contribution in [0.3, 0.4) is 0 Å². The van der Waals surface area contributed by atoms with Crippen LogP contribution in [0.4, 0.5) is 0 Å². The topological polar surface area (TPSA) is 30.5 Å². The van der Waals surface area contributed by atoms with Crippen LogP contribution in [-0.4, -0.2) is 20.8 Å². The van der Waals surface area contributed by atoms with Crippen molar-refractivity contribution >= 4 is 0 Å². The highest BCUT2D eigenvalue weighted by Gasteiger charge is 2.34. The summed E-state index contributed by atoms with van der Waals surface area (Å²) in [4.78, 5) is 0. The number of hydrogen-bond donors (Lipinski definition) is 1. The minimum absolute atomic E-state index is 0.566. The fraction of sp³-hybridized carbons (Fsp3) is 0.625. The van der Waals surface area contributed by atoms with E-state index in [1.165, 1.54) is 31.2 Å². The maximum atomic E-state index is 5.32. The fourth-order valence-electron chi connectivity index (χ4n) is 2.79. The minimum Gasteiger partial charge on any atom is -0.493 e. The summed E-state index contributed by atoms with van der Waals surface area (Å²) in [5, 5.41) is 3.59. The van der Waals surface area contributed by atoms with E-state index in [1.54, 1.807) is 14.2 Å². The van der Waals surface area contributed by atoms with Crippen molar-refractivity contribution in [3.05, 3.63) is 23.8 Å². The number of ether oxygens (including phenoxy) is 2. The molecule has 0 heterocycles. The summed E-state index contributed by atoms with van der Waals surface area (Å²) in [6.45, 7) is 4.32. The third-order valence-corrected chi connectivity index (χ3v) is 4.44. The average Bonchev–Trinajstić information content (AvgIpc) is 2.41. The van der Waals surface area contributed by atoms with Gasteiger partial charge in [-0.2, -0.15) is 0 Å². The van der Waals surface area contributed by atoms with E-state index in [2.05, 4.69) is 18.3 Å². The van der Waals surface area contributed by atoms with Crippen LogP contribution >= 0.6 is 0 Å². The third kappa shape index (κ3) is 3.21. The largest absolute Gasteiger partial charge is 0.493 e. The van der Waals surface area contributed by atoms with Gasteiger partial charge in [-0.25, -0.2) is 0 Å². The molecule has 1 aromatic carbocycles. The molecule has 1 fully saturated rings. The van der Waals surface area contributed by atoms with Crippen LogP contribution in [0.25, 0.3) is 0 Å². The van der Waals surface area contributed by atoms with E-state index in [1.807, 2.05) is 12.1 Å². The predicted octanol–water partition coefficient (Wildman–Crippen LogP) is 3.37. The molecule has 19 heavy (non-hydrogen) atoms. The standard InChI is InChI=1S/C16H25NO2/c1-4-16(8-5-9-16)12-17-11-13-6-7-14(18-2)15(10-13)19-3/h6-7,10,17H,4-5,8-9,11-12H2,1-3H3. The molecular formula is C16H25NO2. The summed E-state index contributed by atoms with van der Waals surface area (Å²) in [5.41, 5.74) is 1.81. The molecular weight excluding hydrogens is 238 g/mol. The molecule has 0 radical (unpaired) electrons. The first-order valence-corrected chi connectivity index (χ1v) is 7.14. The first kappa shape index (κ1) is 14.2. The molecule has 0 aromatic heterocycles. The molecule has 0 unspecified atom stereocenters. The molecule has 1 N–H and O–H groups in total. The van der Waals surface area contributed by atoms with Gasteiger partial charge in [0.05, 0.1) is 14.2 Å². The second-order valence-electron chi connectivity index (χ2n) is 5.50. The minimum atomic E-state index is 0.566. The third-order valence-electron chi connectivity index (χ3n) is 4.44. The Hall–Kier alpha value is -1.22. The van der Waals surface area contributed by atoms with Crippen LogP contribution in [0.1, 0.15) is 38.2 Å². The summed E-state index contributed by atoms with van der Waals surface area (Å²) < 4.78 is 10.6. The predicted molar refractivity (Wildman–Crippen MR) is 77.8 cm³/mol. The second kappa shape index (κ2) is 6.29. The van der Waals surface area contributed by atoms with Gasteiger partial charge in [-0.3, -0.25) is 0 Å². The van der Waals surface area contributed by atoms with Gasteiger partial charge >= 0.3 is 0 Å². The van der Waals surface area contributed by atoms with Crippen LogP contribution < -0.4 is 14.8 Å². The first-order chi connectivity index (χ1) is 9.23. The number of hydrogen-bond acceptors (Lipinski definition) is 3. The van der Waals surface area contributed by atoms with Crippen molar-refractivity contribution in [1.29, 1.82) is 0 Å². The number of benzene rings is 1. The van der Waals surface area contributed by atoms with Gasteiger partial charge in [0.25, 0.3) is 0 Å². The molecule has 0 spiro atoms. The van der Waals surface area contributed by atoms with Crippen molar-refractivity contribution in [2.45, 2.75) is 39.2 Å². The van der Waals surface area contributed by atoms with Crippen molar-refractivity contribution in [1.82, 2.24) is 5.32 Å². The lowest BCUT2D eigenvalue weighted by atomic mass is 9.67. The highest BCUT2D eigenvalue weighted by Crippen LogP contribution is 2.43. The summed E-state index contributed by atoms with van der Waals surface area (Å²) in [7, 11) is 3.34. The Morgan fingerprint density at radius 2 is 1.89 bits per heavy atom. The van der Waals surface area contributed by atoms with E-state index in [9.17, 15) is 0 Å². The van der Waals surface area contributed by atoms with Crippen molar-refractivity contribution in [3.63, 3.8) is 0 Å². The molecule has 2 rings (SSSR count). The Kier molecular flexibility index (Phi) is 4.70. The monoisotopic (exact) mass is 263 g/mol. The molecule has 1 aliphatic rings. The van der Waals surface area contributed by atoms with Crippen molar-refractivity contribution in [3.8, 4) is 11.5 Å². The van der Waals surface area contributed by atoms with Gasteiger partial charge in [-0.1, -0.05) is 19.4 Å². The summed E-state index contributed by atoms with van der Waals surface area (Å²) in [6, 6.07) is 6.10. The van der Waals surface area contributed by atoms with E-state index < -0.39 is 0 Å². The molecule has 1 aliphatic carbocycles. The van der Waals surface area contributed by atoms with Crippen LogP contribution in [0.2, 0.25) is 0 Å². The molecule has 0 saturated heterocycles. The van der Waals surface area contributed by atoms with Crippen LogP contribution in [-0.2, 0) is 6.54 Å². The van der Waals surface area contributed by atoms with Gasteiger partial charge in [0.2, 0.25) is 0 Å². The number of nitrogens with one attached hydrogen (secondary N) is 1. The quantitative estimate of drug-likeness (QED) is 0.818. The molecule has 0 atom stereocenters. The Morgan fingerprint density at radius 1 is 1.16 bits per heavy atom. The zero-order valence-corrected chi connectivity index (χ0v) is 12.3. The molecule has 0 aliphatic heterocycles. The zero-order valence-electron chi connectivity index (χ0n) is 12.3. The van der Waals surface area contributed by atoms with Gasteiger partial charge in [0.15, 0.2) is 11.5 Å². The van der Waals surface area contributed by atoms with Gasteiger partial charge < -0.3 is 14.8 Å². The van der Waals surface area contributed by atoms with E-state index in [4.69, 9.17) is 9.47 Å². The van der Waals surface area contributed by atoms with Crippen LogP contribution in [0.5, 0.6) is 11.5 Å². The first-order valence-electron chi connectivity index (χ1n) is 7.14. The van der Waals surface area contributed by atoms with Gasteiger partial charge in [0, 0.05) is 13.1 Å². The lowest BCUT2D eigenvalue weighted by Crippen LogP contribution is -2.39. The fourth-order valence-corrected chi connectivity index (χ4v) is 2.79.